The van der Waals surface area contributed by atoms with E-state index in [0.717, 1.165) is 0 Å². The molecule has 1 aromatic carbocycles. The minimum atomic E-state index is -0.491. The molecule has 0 aliphatic carbocycles. The molecule has 17 heavy (non-hydrogen) atoms. The van der Waals surface area contributed by atoms with E-state index in [1.807, 2.05) is 6.07 Å². The van der Waals surface area contributed by atoms with Gasteiger partial charge >= 0.3 is 0 Å². The van der Waals surface area contributed by atoms with Crippen molar-refractivity contribution in [2.24, 2.45) is 0 Å². The minimum Gasteiger partial charge on any atom is -0.344 e. The quantitative estimate of drug-likeness (QED) is 0.786. The Kier molecular flexibility index (Phi) is 3.06. The molecule has 0 radical (unpaired) electrons. The molecular formula is C12H11N3O2. The Labute approximate surface area is 98.4 Å². The summed E-state index contributed by atoms with van der Waals surface area (Å²) in [5.41, 5.74) is 0.881. The summed E-state index contributed by atoms with van der Waals surface area (Å²) in [6.07, 6.45) is 0.872. The molecule has 2 rings (SSSR count). The fraction of sp³-hybridized carbons (Fsp3) is 0.250. The van der Waals surface area contributed by atoms with Crippen LogP contribution in [0.2, 0.25) is 0 Å². The van der Waals surface area contributed by atoms with E-state index >= 15 is 0 Å². The third kappa shape index (κ3) is 2.42. The van der Waals surface area contributed by atoms with E-state index in [0.29, 0.717) is 24.1 Å². The maximum absolute atomic E-state index is 11.8. The third-order valence-corrected chi connectivity index (χ3v) is 2.62. The summed E-state index contributed by atoms with van der Waals surface area (Å²) in [6, 6.07) is 8.26. The first kappa shape index (κ1) is 11.1. The van der Waals surface area contributed by atoms with Gasteiger partial charge in [-0.2, -0.15) is 5.26 Å². The maximum atomic E-state index is 11.8. The van der Waals surface area contributed by atoms with Crippen molar-refractivity contribution in [3.63, 3.8) is 0 Å². The fourth-order valence-electron chi connectivity index (χ4n) is 1.72. The van der Waals surface area contributed by atoms with Gasteiger partial charge in [0, 0.05) is 6.42 Å². The van der Waals surface area contributed by atoms with Crippen LogP contribution in [0.15, 0.2) is 24.3 Å². The van der Waals surface area contributed by atoms with Gasteiger partial charge in [-0.3, -0.25) is 9.59 Å². The zero-order valence-electron chi connectivity index (χ0n) is 9.06. The number of carbonyl (C=O) groups excluding carboxylic acids is 2. The predicted molar refractivity (Wildman–Crippen MR) is 61.0 cm³/mol. The van der Waals surface area contributed by atoms with Crippen LogP contribution < -0.4 is 10.6 Å². The van der Waals surface area contributed by atoms with Gasteiger partial charge < -0.3 is 10.6 Å². The van der Waals surface area contributed by atoms with Gasteiger partial charge in [-0.15, -0.1) is 0 Å². The third-order valence-electron chi connectivity index (χ3n) is 2.62. The zero-order valence-corrected chi connectivity index (χ0v) is 9.06. The van der Waals surface area contributed by atoms with Crippen LogP contribution in [0.25, 0.3) is 0 Å². The second kappa shape index (κ2) is 4.66. The number of nitriles is 1. The van der Waals surface area contributed by atoms with Crippen LogP contribution in [0.1, 0.15) is 18.4 Å². The molecule has 1 unspecified atom stereocenters. The average Bonchev–Trinajstić information content (AvgIpc) is 2.77. The van der Waals surface area contributed by atoms with Gasteiger partial charge in [0.05, 0.1) is 11.3 Å². The molecule has 5 heteroatoms. The van der Waals surface area contributed by atoms with Crippen LogP contribution >= 0.6 is 0 Å². The molecule has 1 aliphatic heterocycles. The number of carbonyl (C=O) groups is 2. The van der Waals surface area contributed by atoms with Crippen molar-refractivity contribution >= 4 is 17.5 Å². The van der Waals surface area contributed by atoms with Crippen LogP contribution in [-0.4, -0.2) is 17.9 Å². The summed E-state index contributed by atoms with van der Waals surface area (Å²) in [5.74, 6) is -0.391. The highest BCUT2D eigenvalue weighted by Crippen LogP contribution is 2.15. The number of para-hydroxylation sites is 1. The Hall–Kier alpha value is -2.35. The van der Waals surface area contributed by atoms with Crippen LogP contribution in [0.3, 0.4) is 0 Å². The van der Waals surface area contributed by atoms with E-state index in [9.17, 15) is 9.59 Å². The van der Waals surface area contributed by atoms with Crippen molar-refractivity contribution in [2.75, 3.05) is 5.32 Å². The summed E-state index contributed by atoms with van der Waals surface area (Å²) in [7, 11) is 0. The van der Waals surface area contributed by atoms with E-state index in [4.69, 9.17) is 5.26 Å². The second-order valence-electron chi connectivity index (χ2n) is 3.81. The van der Waals surface area contributed by atoms with Crippen molar-refractivity contribution < 1.29 is 9.59 Å². The Balaban J connectivity index is 2.08. The molecule has 1 heterocycles. The van der Waals surface area contributed by atoms with Gasteiger partial charge in [0.15, 0.2) is 0 Å². The molecule has 0 saturated carbocycles. The molecule has 0 spiro atoms. The van der Waals surface area contributed by atoms with E-state index in [-0.39, 0.29) is 11.8 Å². The summed E-state index contributed by atoms with van der Waals surface area (Å²) >= 11 is 0. The minimum absolute atomic E-state index is 0.112. The molecule has 86 valence electrons. The number of benzene rings is 1. The van der Waals surface area contributed by atoms with Gasteiger partial charge in [0.25, 0.3) is 0 Å². The summed E-state index contributed by atoms with van der Waals surface area (Å²) in [4.78, 5) is 22.8. The number of amides is 2. The first-order chi connectivity index (χ1) is 8.20. The van der Waals surface area contributed by atoms with Crippen molar-refractivity contribution in [3.05, 3.63) is 29.8 Å². The highest BCUT2D eigenvalue weighted by molar-refractivity contribution is 5.99. The van der Waals surface area contributed by atoms with Gasteiger partial charge in [-0.05, 0) is 18.6 Å². The maximum Gasteiger partial charge on any atom is 0.246 e. The molecule has 1 atom stereocenters. The van der Waals surface area contributed by atoms with Crippen molar-refractivity contribution in [1.82, 2.24) is 5.32 Å². The lowest BCUT2D eigenvalue weighted by Crippen LogP contribution is -2.37. The summed E-state index contributed by atoms with van der Waals surface area (Å²) in [5, 5.41) is 14.1. The molecule has 1 aliphatic rings. The van der Waals surface area contributed by atoms with Crippen molar-refractivity contribution in [3.8, 4) is 6.07 Å². The number of nitrogens with one attached hydrogen (secondary N) is 2. The Morgan fingerprint density at radius 3 is 2.88 bits per heavy atom. The van der Waals surface area contributed by atoms with E-state index < -0.39 is 6.04 Å². The SMILES string of the molecule is N#Cc1ccccc1NC(=O)C1CCC(=O)N1. The van der Waals surface area contributed by atoms with Crippen molar-refractivity contribution in [1.29, 1.82) is 5.26 Å². The Morgan fingerprint density at radius 2 is 2.24 bits per heavy atom. The Bertz CT molecular complexity index is 505. The molecule has 1 aromatic rings. The van der Waals surface area contributed by atoms with Gasteiger partial charge in [-0.1, -0.05) is 12.1 Å². The van der Waals surface area contributed by atoms with Crippen LogP contribution in [0.5, 0.6) is 0 Å². The zero-order chi connectivity index (χ0) is 12.3. The smallest absolute Gasteiger partial charge is 0.246 e. The van der Waals surface area contributed by atoms with Crippen molar-refractivity contribution in [2.45, 2.75) is 18.9 Å². The molecule has 5 nitrogen and oxygen atoms in total. The summed E-state index contributed by atoms with van der Waals surface area (Å²) < 4.78 is 0. The van der Waals surface area contributed by atoms with Gasteiger partial charge in [0.2, 0.25) is 11.8 Å². The molecule has 1 saturated heterocycles. The van der Waals surface area contributed by atoms with Crippen LogP contribution in [-0.2, 0) is 9.59 Å². The lowest BCUT2D eigenvalue weighted by molar-refractivity contribution is -0.122. The molecular weight excluding hydrogens is 218 g/mol. The highest BCUT2D eigenvalue weighted by Gasteiger charge is 2.27. The highest BCUT2D eigenvalue weighted by atomic mass is 16.2. The number of hydrogen-bond acceptors (Lipinski definition) is 3. The lowest BCUT2D eigenvalue weighted by atomic mass is 10.1. The number of anilines is 1. The average molecular weight is 229 g/mol. The van der Waals surface area contributed by atoms with E-state index in [1.54, 1.807) is 24.3 Å². The topological polar surface area (TPSA) is 82.0 Å². The standard InChI is InChI=1S/C12H11N3O2/c13-7-8-3-1-2-4-9(8)15-12(17)10-5-6-11(16)14-10/h1-4,10H,5-6H2,(H,14,16)(H,15,17). The first-order valence-electron chi connectivity index (χ1n) is 5.30. The number of nitrogens with zero attached hydrogens (tertiary/aromatic N) is 1. The monoisotopic (exact) mass is 229 g/mol. The lowest BCUT2D eigenvalue weighted by Gasteiger charge is -2.11. The molecule has 1 fully saturated rings. The predicted octanol–water partition coefficient (Wildman–Crippen LogP) is 0.775. The largest absolute Gasteiger partial charge is 0.344 e. The second-order valence-corrected chi connectivity index (χ2v) is 3.81. The summed E-state index contributed by atoms with van der Waals surface area (Å²) in [6.45, 7) is 0. The van der Waals surface area contributed by atoms with E-state index in [1.165, 1.54) is 0 Å². The first-order valence-corrected chi connectivity index (χ1v) is 5.30. The fourth-order valence-corrected chi connectivity index (χ4v) is 1.72. The molecule has 2 N–H and O–H groups in total. The number of hydrogen-bond donors (Lipinski definition) is 2. The van der Waals surface area contributed by atoms with Gasteiger partial charge in [0.1, 0.15) is 12.1 Å². The molecule has 2 amide bonds. The van der Waals surface area contributed by atoms with E-state index in [2.05, 4.69) is 10.6 Å². The molecule has 0 aromatic heterocycles. The van der Waals surface area contributed by atoms with Gasteiger partial charge in [-0.25, -0.2) is 0 Å². The number of rotatable bonds is 2. The normalized spacial score (nSPS) is 18.3. The van der Waals surface area contributed by atoms with Crippen LogP contribution in [0, 0.1) is 11.3 Å². The van der Waals surface area contributed by atoms with Crippen LogP contribution in [0.4, 0.5) is 5.69 Å². The molecule has 0 bridgehead atoms. The Morgan fingerprint density at radius 1 is 1.47 bits per heavy atom.